The molecule has 0 aromatic heterocycles. The summed E-state index contributed by atoms with van der Waals surface area (Å²) in [5, 5.41) is 0. The van der Waals surface area contributed by atoms with Crippen molar-refractivity contribution in [3.05, 3.63) is 23.8 Å². The van der Waals surface area contributed by atoms with Gasteiger partial charge in [0.1, 0.15) is 6.10 Å². The first-order valence-electron chi connectivity index (χ1n) is 6.64. The highest BCUT2D eigenvalue weighted by atomic mass is 16.6. The van der Waals surface area contributed by atoms with Crippen molar-refractivity contribution >= 4 is 11.8 Å². The van der Waals surface area contributed by atoms with Crippen LogP contribution < -0.4 is 0 Å². The van der Waals surface area contributed by atoms with E-state index in [0.717, 1.165) is 12.8 Å². The summed E-state index contributed by atoms with van der Waals surface area (Å²) in [6.45, 7) is 7.98. The van der Waals surface area contributed by atoms with E-state index in [0.29, 0.717) is 11.5 Å². The Kier molecular flexibility index (Phi) is 2.47. The van der Waals surface area contributed by atoms with E-state index in [1.54, 1.807) is 0 Å². The maximum Gasteiger partial charge on any atom is 0.334 e. The molecular formula is C15H18O3. The number of esters is 1. The van der Waals surface area contributed by atoms with Crippen molar-refractivity contribution in [1.29, 1.82) is 0 Å². The molecule has 3 rings (SSSR count). The van der Waals surface area contributed by atoms with Crippen LogP contribution in [0, 0.1) is 23.7 Å². The van der Waals surface area contributed by atoms with Crippen molar-refractivity contribution in [2.24, 2.45) is 23.7 Å². The molecule has 1 saturated carbocycles. The molecule has 0 N–H and O–H groups in total. The molecule has 0 unspecified atom stereocenters. The molecule has 1 aliphatic heterocycles. The van der Waals surface area contributed by atoms with Crippen molar-refractivity contribution in [2.75, 3.05) is 0 Å². The molecule has 1 saturated heterocycles. The third kappa shape index (κ3) is 1.49. The third-order valence-electron chi connectivity index (χ3n) is 4.87. The van der Waals surface area contributed by atoms with Gasteiger partial charge < -0.3 is 4.74 Å². The van der Waals surface area contributed by atoms with Gasteiger partial charge in [-0.2, -0.15) is 0 Å². The molecule has 0 bridgehead atoms. The minimum Gasteiger partial charge on any atom is -0.458 e. The van der Waals surface area contributed by atoms with Gasteiger partial charge >= 0.3 is 5.97 Å². The van der Waals surface area contributed by atoms with Gasteiger partial charge in [-0.1, -0.05) is 26.0 Å². The van der Waals surface area contributed by atoms with Crippen LogP contribution in [0.5, 0.6) is 0 Å². The highest BCUT2D eigenvalue weighted by Crippen LogP contribution is 2.48. The average Bonchev–Trinajstić information content (AvgIpc) is 2.68. The minimum absolute atomic E-state index is 0.0335. The highest BCUT2D eigenvalue weighted by Gasteiger charge is 2.47. The van der Waals surface area contributed by atoms with Gasteiger partial charge in [0.15, 0.2) is 5.78 Å². The third-order valence-corrected chi connectivity index (χ3v) is 4.87. The fourth-order valence-corrected chi connectivity index (χ4v) is 3.67. The molecule has 0 amide bonds. The summed E-state index contributed by atoms with van der Waals surface area (Å²) in [6.07, 6.45) is 3.44. The number of fused-ring (bicyclic) bond motifs is 2. The zero-order chi connectivity index (χ0) is 13.0. The molecule has 0 radical (unpaired) electrons. The van der Waals surface area contributed by atoms with E-state index >= 15 is 0 Å². The van der Waals surface area contributed by atoms with Gasteiger partial charge in [0.05, 0.1) is 0 Å². The molecule has 3 heteroatoms. The summed E-state index contributed by atoms with van der Waals surface area (Å²) in [4.78, 5) is 23.4. The molecule has 0 aromatic rings. The molecule has 0 spiro atoms. The second-order valence-corrected chi connectivity index (χ2v) is 5.89. The number of hydrogen-bond acceptors (Lipinski definition) is 3. The lowest BCUT2D eigenvalue weighted by atomic mass is 9.81. The van der Waals surface area contributed by atoms with Crippen LogP contribution in [0.4, 0.5) is 0 Å². The summed E-state index contributed by atoms with van der Waals surface area (Å²) in [6, 6.07) is 0. The van der Waals surface area contributed by atoms with E-state index in [9.17, 15) is 9.59 Å². The molecule has 18 heavy (non-hydrogen) atoms. The second-order valence-electron chi connectivity index (χ2n) is 5.89. The van der Waals surface area contributed by atoms with Gasteiger partial charge in [0.25, 0.3) is 0 Å². The van der Waals surface area contributed by atoms with Crippen LogP contribution in [0.1, 0.15) is 26.7 Å². The van der Waals surface area contributed by atoms with Crippen LogP contribution in [-0.4, -0.2) is 17.9 Å². The fourth-order valence-electron chi connectivity index (χ4n) is 3.67. The van der Waals surface area contributed by atoms with Crippen molar-refractivity contribution < 1.29 is 14.3 Å². The first kappa shape index (κ1) is 11.7. The molecule has 0 aromatic carbocycles. The average molecular weight is 246 g/mol. The summed E-state index contributed by atoms with van der Waals surface area (Å²) in [7, 11) is 0. The van der Waals surface area contributed by atoms with Crippen LogP contribution in [0.3, 0.4) is 0 Å². The number of carbonyl (C=O) groups excluding carboxylic acids is 2. The molecule has 3 nitrogen and oxygen atoms in total. The van der Waals surface area contributed by atoms with E-state index < -0.39 is 0 Å². The number of carbonyl (C=O) groups is 2. The van der Waals surface area contributed by atoms with E-state index in [1.807, 2.05) is 13.0 Å². The highest BCUT2D eigenvalue weighted by molar-refractivity contribution is 5.96. The largest absolute Gasteiger partial charge is 0.458 e. The van der Waals surface area contributed by atoms with Gasteiger partial charge in [-0.3, -0.25) is 4.79 Å². The normalized spacial score (nSPS) is 43.1. The van der Waals surface area contributed by atoms with Crippen LogP contribution in [0.15, 0.2) is 23.8 Å². The summed E-state index contributed by atoms with van der Waals surface area (Å²) >= 11 is 0. The Morgan fingerprint density at radius 1 is 1.22 bits per heavy atom. The molecule has 1 heterocycles. The lowest BCUT2D eigenvalue weighted by Gasteiger charge is -2.21. The van der Waals surface area contributed by atoms with Crippen LogP contribution in [0.2, 0.25) is 0 Å². The van der Waals surface area contributed by atoms with Gasteiger partial charge in [-0.25, -0.2) is 4.79 Å². The zero-order valence-corrected chi connectivity index (χ0v) is 10.8. The predicted molar refractivity (Wildman–Crippen MR) is 66.7 cm³/mol. The topological polar surface area (TPSA) is 43.4 Å². The number of allylic oxidation sites excluding steroid dienone is 2. The van der Waals surface area contributed by atoms with Gasteiger partial charge in [0, 0.05) is 17.4 Å². The molecular weight excluding hydrogens is 228 g/mol. The SMILES string of the molecule is C=C1C(=O)O[C@H]2C[C@H](C)C3=CC(=O)[C@@H](C)[C@@H]3C[C@H]12. The first-order chi connectivity index (χ1) is 8.49. The van der Waals surface area contributed by atoms with Crippen molar-refractivity contribution in [1.82, 2.24) is 0 Å². The van der Waals surface area contributed by atoms with Crippen molar-refractivity contribution in [3.63, 3.8) is 0 Å². The van der Waals surface area contributed by atoms with E-state index in [4.69, 9.17) is 4.74 Å². The maximum absolute atomic E-state index is 11.8. The zero-order valence-electron chi connectivity index (χ0n) is 10.8. The Morgan fingerprint density at radius 3 is 2.67 bits per heavy atom. The van der Waals surface area contributed by atoms with Gasteiger partial charge in [0.2, 0.25) is 0 Å². The number of hydrogen-bond donors (Lipinski definition) is 0. The summed E-state index contributed by atoms with van der Waals surface area (Å²) < 4.78 is 5.40. The monoisotopic (exact) mass is 246 g/mol. The Hall–Kier alpha value is -1.38. The molecule has 3 aliphatic rings. The Labute approximate surface area is 107 Å². The lowest BCUT2D eigenvalue weighted by molar-refractivity contribution is -0.139. The van der Waals surface area contributed by atoms with Crippen molar-refractivity contribution in [2.45, 2.75) is 32.8 Å². The number of ketones is 1. The first-order valence-corrected chi connectivity index (χ1v) is 6.64. The second kappa shape index (κ2) is 3.81. The Morgan fingerprint density at radius 2 is 1.94 bits per heavy atom. The molecule has 96 valence electrons. The van der Waals surface area contributed by atoms with Crippen LogP contribution in [-0.2, 0) is 14.3 Å². The number of ether oxygens (including phenoxy) is 1. The smallest absolute Gasteiger partial charge is 0.334 e. The maximum atomic E-state index is 11.8. The minimum atomic E-state index is -0.249. The Balaban J connectivity index is 1.96. The van der Waals surface area contributed by atoms with E-state index in [1.165, 1.54) is 5.57 Å². The molecule has 5 atom stereocenters. The standard InChI is InChI=1S/C15H18O3/c1-7-4-14-12(9(3)15(17)18-14)5-11-8(2)13(16)6-10(7)11/h6-8,11-12,14H,3-5H2,1-2H3/t7-,8-,11-,12+,14-/m0/s1. The Bertz CT molecular complexity index is 474. The van der Waals surface area contributed by atoms with Crippen LogP contribution >= 0.6 is 0 Å². The summed E-state index contributed by atoms with van der Waals surface area (Å²) in [5.41, 5.74) is 1.85. The summed E-state index contributed by atoms with van der Waals surface area (Å²) in [5.74, 6) is 0.720. The van der Waals surface area contributed by atoms with E-state index in [2.05, 4.69) is 13.5 Å². The molecule has 2 aliphatic carbocycles. The van der Waals surface area contributed by atoms with Gasteiger partial charge in [-0.05, 0) is 30.8 Å². The van der Waals surface area contributed by atoms with E-state index in [-0.39, 0.29) is 35.6 Å². The van der Waals surface area contributed by atoms with Gasteiger partial charge in [-0.15, -0.1) is 0 Å². The lowest BCUT2D eigenvalue weighted by Crippen LogP contribution is -2.20. The number of rotatable bonds is 0. The molecule has 2 fully saturated rings. The fraction of sp³-hybridized carbons (Fsp3) is 0.600. The quantitative estimate of drug-likeness (QED) is 0.486. The van der Waals surface area contributed by atoms with Crippen LogP contribution in [0.25, 0.3) is 0 Å². The van der Waals surface area contributed by atoms with Crippen molar-refractivity contribution in [3.8, 4) is 0 Å². The predicted octanol–water partition coefficient (Wildman–Crippen LogP) is 2.28.